The average Bonchev–Trinajstić information content (AvgIpc) is 2.67. The number of carbonyl (C=O) groups is 1. The largest absolute Gasteiger partial charge is 0.334 e. The molecule has 2 atom stereocenters. The number of benzene rings is 1. The Hall–Kier alpha value is -2.17. The lowest BCUT2D eigenvalue weighted by Crippen LogP contribution is -2.50. The number of fused-ring (bicyclic) bond motifs is 2. The second kappa shape index (κ2) is 6.62. The van der Waals surface area contributed by atoms with E-state index in [4.69, 9.17) is 0 Å². The number of piperidine rings is 1. The Morgan fingerprint density at radius 2 is 1.84 bits per heavy atom. The van der Waals surface area contributed by atoms with Gasteiger partial charge in [0.15, 0.2) is 5.69 Å². The van der Waals surface area contributed by atoms with Gasteiger partial charge in [0.1, 0.15) is 0 Å². The van der Waals surface area contributed by atoms with Gasteiger partial charge in [-0.15, -0.1) is 0 Å². The van der Waals surface area contributed by atoms with Crippen molar-refractivity contribution in [2.24, 2.45) is 5.92 Å². The molecule has 0 bridgehead atoms. The molecule has 1 aliphatic carbocycles. The van der Waals surface area contributed by atoms with Crippen LogP contribution in [0.3, 0.4) is 0 Å². The van der Waals surface area contributed by atoms with Crippen molar-refractivity contribution in [3.63, 3.8) is 0 Å². The number of hydrogen-bond acceptors (Lipinski definition) is 3. The van der Waals surface area contributed by atoms with Crippen LogP contribution in [0.1, 0.15) is 55.9 Å². The molecule has 1 aliphatic heterocycles. The highest BCUT2D eigenvalue weighted by Gasteiger charge is 2.37. The van der Waals surface area contributed by atoms with E-state index in [2.05, 4.69) is 5.10 Å². The number of hydrogen-bond donors (Lipinski definition) is 0. The monoisotopic (exact) mass is 339 g/mol. The molecular weight excluding hydrogens is 314 g/mol. The maximum absolute atomic E-state index is 13.4. The van der Waals surface area contributed by atoms with Gasteiger partial charge < -0.3 is 4.90 Å². The number of nitrogens with zero attached hydrogens (tertiary/aromatic N) is 3. The highest BCUT2D eigenvalue weighted by molar-refractivity contribution is 6.04. The van der Waals surface area contributed by atoms with Gasteiger partial charge in [-0.3, -0.25) is 9.59 Å². The summed E-state index contributed by atoms with van der Waals surface area (Å²) in [6.07, 6.45) is 7.12. The molecule has 1 aromatic heterocycles. The quantitative estimate of drug-likeness (QED) is 0.844. The van der Waals surface area contributed by atoms with Crippen molar-refractivity contribution in [2.45, 2.75) is 58.0 Å². The first-order chi connectivity index (χ1) is 12.2. The van der Waals surface area contributed by atoms with Gasteiger partial charge >= 0.3 is 0 Å². The summed E-state index contributed by atoms with van der Waals surface area (Å²) >= 11 is 0. The number of carbonyl (C=O) groups excluding carboxylic acids is 1. The fourth-order valence-corrected chi connectivity index (χ4v) is 4.62. The van der Waals surface area contributed by atoms with E-state index in [1.807, 2.05) is 30.0 Å². The van der Waals surface area contributed by atoms with Crippen molar-refractivity contribution in [3.05, 3.63) is 40.3 Å². The summed E-state index contributed by atoms with van der Waals surface area (Å²) in [6, 6.07) is 7.70. The van der Waals surface area contributed by atoms with Crippen LogP contribution >= 0.6 is 0 Å². The maximum Gasteiger partial charge on any atom is 0.275 e. The number of aryl methyl sites for hydroxylation is 1. The van der Waals surface area contributed by atoms with Gasteiger partial charge in [0.2, 0.25) is 0 Å². The lowest BCUT2D eigenvalue weighted by Gasteiger charge is -2.44. The van der Waals surface area contributed by atoms with E-state index in [-0.39, 0.29) is 11.5 Å². The number of rotatable bonds is 2. The first-order valence-corrected chi connectivity index (χ1v) is 9.51. The summed E-state index contributed by atoms with van der Waals surface area (Å²) in [7, 11) is 0. The molecule has 1 amide bonds. The Bertz CT molecular complexity index is 856. The topological polar surface area (TPSA) is 55.2 Å². The lowest BCUT2D eigenvalue weighted by atomic mass is 9.78. The molecule has 2 aliphatic rings. The summed E-state index contributed by atoms with van der Waals surface area (Å²) in [6.45, 7) is 3.16. The second-order valence-electron chi connectivity index (χ2n) is 7.27. The molecule has 0 N–H and O–H groups in total. The van der Waals surface area contributed by atoms with E-state index in [9.17, 15) is 9.59 Å². The zero-order valence-electron chi connectivity index (χ0n) is 14.8. The summed E-state index contributed by atoms with van der Waals surface area (Å²) < 4.78 is 1.41. The van der Waals surface area contributed by atoms with Crippen LogP contribution in [0.5, 0.6) is 0 Å². The van der Waals surface area contributed by atoms with E-state index < -0.39 is 0 Å². The van der Waals surface area contributed by atoms with Gasteiger partial charge in [-0.25, -0.2) is 4.68 Å². The van der Waals surface area contributed by atoms with E-state index >= 15 is 0 Å². The number of likely N-dealkylation sites (tertiary alicyclic amines) is 1. The van der Waals surface area contributed by atoms with Crippen LogP contribution in [0.15, 0.2) is 29.1 Å². The van der Waals surface area contributed by atoms with Crippen molar-refractivity contribution in [2.75, 3.05) is 6.54 Å². The maximum atomic E-state index is 13.4. The molecule has 2 fully saturated rings. The van der Waals surface area contributed by atoms with Crippen LogP contribution in [-0.2, 0) is 6.54 Å². The zero-order valence-corrected chi connectivity index (χ0v) is 14.8. The molecule has 1 saturated heterocycles. The SMILES string of the molecule is CCn1nc(C(=O)N2CCC[C@@H]3CCCC[C@H]32)c2ccccc2c1=O. The molecule has 2 aromatic rings. The van der Waals surface area contributed by atoms with Crippen LogP contribution in [0.25, 0.3) is 10.8 Å². The molecule has 2 heterocycles. The van der Waals surface area contributed by atoms with Crippen molar-refractivity contribution in [1.29, 1.82) is 0 Å². The molecule has 5 nitrogen and oxygen atoms in total. The van der Waals surface area contributed by atoms with Gasteiger partial charge in [0.25, 0.3) is 11.5 Å². The predicted molar refractivity (Wildman–Crippen MR) is 97.7 cm³/mol. The molecular formula is C20H25N3O2. The summed E-state index contributed by atoms with van der Waals surface area (Å²) in [5.74, 6) is 0.629. The third-order valence-corrected chi connectivity index (χ3v) is 5.87. The minimum atomic E-state index is -0.121. The summed E-state index contributed by atoms with van der Waals surface area (Å²) in [5, 5.41) is 5.71. The molecule has 1 aromatic carbocycles. The Kier molecular flexibility index (Phi) is 4.32. The van der Waals surface area contributed by atoms with Crippen LogP contribution in [0.4, 0.5) is 0 Å². The van der Waals surface area contributed by atoms with Crippen LogP contribution in [-0.4, -0.2) is 33.2 Å². The third-order valence-electron chi connectivity index (χ3n) is 5.87. The highest BCUT2D eigenvalue weighted by atomic mass is 16.2. The summed E-state index contributed by atoms with van der Waals surface area (Å²) in [4.78, 5) is 28.0. The molecule has 132 valence electrons. The van der Waals surface area contributed by atoms with Gasteiger partial charge in [-0.05, 0) is 44.6 Å². The van der Waals surface area contributed by atoms with Crippen LogP contribution < -0.4 is 5.56 Å². The Labute approximate surface area is 147 Å². The first kappa shape index (κ1) is 16.3. The first-order valence-electron chi connectivity index (χ1n) is 9.51. The standard InChI is InChI=1S/C20H25N3O2/c1-2-23-19(24)16-11-5-4-10-15(16)18(21-23)20(25)22-13-7-9-14-8-3-6-12-17(14)22/h4-5,10-11,14,17H,2-3,6-9,12-13H2,1H3/t14-,17+/m0/s1. The van der Waals surface area contributed by atoms with Crippen molar-refractivity contribution in [1.82, 2.24) is 14.7 Å². The van der Waals surface area contributed by atoms with E-state index in [0.717, 1.165) is 19.4 Å². The minimum absolute atomic E-state index is 0.00463. The average molecular weight is 339 g/mol. The molecule has 0 unspecified atom stereocenters. The van der Waals surface area contributed by atoms with E-state index in [1.165, 1.54) is 30.4 Å². The van der Waals surface area contributed by atoms with Gasteiger partial charge in [-0.1, -0.05) is 31.0 Å². The molecule has 4 rings (SSSR count). The molecule has 5 heteroatoms. The number of amides is 1. The second-order valence-corrected chi connectivity index (χ2v) is 7.27. The van der Waals surface area contributed by atoms with E-state index in [1.54, 1.807) is 6.07 Å². The normalized spacial score (nSPS) is 23.5. The predicted octanol–water partition coefficient (Wildman–Crippen LogP) is 3.21. The lowest BCUT2D eigenvalue weighted by molar-refractivity contribution is 0.0385. The smallest absolute Gasteiger partial charge is 0.275 e. The third kappa shape index (κ3) is 2.75. The molecule has 0 radical (unpaired) electrons. The van der Waals surface area contributed by atoms with Crippen molar-refractivity contribution < 1.29 is 4.79 Å². The van der Waals surface area contributed by atoms with Gasteiger partial charge in [0, 0.05) is 24.5 Å². The van der Waals surface area contributed by atoms with Crippen molar-refractivity contribution >= 4 is 16.7 Å². The fourth-order valence-electron chi connectivity index (χ4n) is 4.62. The highest BCUT2D eigenvalue weighted by Crippen LogP contribution is 2.36. The van der Waals surface area contributed by atoms with Crippen LogP contribution in [0, 0.1) is 5.92 Å². The van der Waals surface area contributed by atoms with Gasteiger partial charge in [0.05, 0.1) is 5.39 Å². The molecule has 25 heavy (non-hydrogen) atoms. The van der Waals surface area contributed by atoms with E-state index in [0.29, 0.717) is 35.0 Å². The van der Waals surface area contributed by atoms with Gasteiger partial charge in [-0.2, -0.15) is 5.10 Å². The Morgan fingerprint density at radius 1 is 1.12 bits per heavy atom. The minimum Gasteiger partial charge on any atom is -0.334 e. The number of aromatic nitrogens is 2. The summed E-state index contributed by atoms with van der Waals surface area (Å²) in [5.41, 5.74) is 0.312. The fraction of sp³-hybridized carbons (Fsp3) is 0.550. The van der Waals surface area contributed by atoms with Crippen LogP contribution in [0.2, 0.25) is 0 Å². The Balaban J connectivity index is 1.79. The Morgan fingerprint density at radius 3 is 2.64 bits per heavy atom. The molecule has 0 spiro atoms. The van der Waals surface area contributed by atoms with Crippen molar-refractivity contribution in [3.8, 4) is 0 Å². The molecule has 1 saturated carbocycles. The zero-order chi connectivity index (χ0) is 17.4.